The number of sulfonamides is 1. The minimum Gasteiger partial charge on any atom is -0.492 e. The zero-order valence-corrected chi connectivity index (χ0v) is 19.1. The van der Waals surface area contributed by atoms with E-state index in [1.807, 2.05) is 44.2 Å². The zero-order valence-electron chi connectivity index (χ0n) is 18.3. The summed E-state index contributed by atoms with van der Waals surface area (Å²) in [5.74, 6) is 0.105. The summed E-state index contributed by atoms with van der Waals surface area (Å²) in [6.07, 6.45) is 0. The van der Waals surface area contributed by atoms with E-state index in [1.165, 1.54) is 12.1 Å². The van der Waals surface area contributed by atoms with Crippen molar-refractivity contribution in [1.82, 2.24) is 5.32 Å². The van der Waals surface area contributed by atoms with Crippen LogP contribution < -0.4 is 14.4 Å². The molecule has 0 bridgehead atoms. The van der Waals surface area contributed by atoms with Gasteiger partial charge in [-0.25, -0.2) is 8.42 Å². The lowest BCUT2D eigenvalue weighted by Gasteiger charge is -2.26. The van der Waals surface area contributed by atoms with Gasteiger partial charge in [-0.1, -0.05) is 67.6 Å². The molecule has 0 aliphatic heterocycles. The molecule has 3 rings (SSSR count). The standard InChI is InChI=1S/C25H28N2O4S/c1-3-31-24-17-11-10-16-23(24)27(32(29,30)22-14-8-5-9-15-22)19-25(28)26-18-20(2)21-12-6-4-7-13-21/h4-17,20H,3,18-19H2,1-2H3,(H,26,28)/t20-/m0/s1. The van der Waals surface area contributed by atoms with Crippen molar-refractivity contribution in [2.75, 3.05) is 24.0 Å². The van der Waals surface area contributed by atoms with E-state index in [-0.39, 0.29) is 17.4 Å². The Morgan fingerprint density at radius 2 is 1.53 bits per heavy atom. The van der Waals surface area contributed by atoms with E-state index in [4.69, 9.17) is 4.74 Å². The molecular weight excluding hydrogens is 424 g/mol. The number of amides is 1. The summed E-state index contributed by atoms with van der Waals surface area (Å²) in [4.78, 5) is 13.0. The third-order valence-corrected chi connectivity index (χ3v) is 6.80. The van der Waals surface area contributed by atoms with Crippen molar-refractivity contribution in [3.63, 3.8) is 0 Å². The highest BCUT2D eigenvalue weighted by atomic mass is 32.2. The van der Waals surface area contributed by atoms with Crippen molar-refractivity contribution in [1.29, 1.82) is 0 Å². The predicted molar refractivity (Wildman–Crippen MR) is 126 cm³/mol. The third-order valence-electron chi connectivity index (χ3n) is 5.03. The molecule has 0 spiro atoms. The van der Waals surface area contributed by atoms with Crippen molar-refractivity contribution in [2.45, 2.75) is 24.7 Å². The van der Waals surface area contributed by atoms with E-state index >= 15 is 0 Å². The van der Waals surface area contributed by atoms with Crippen LogP contribution in [0.1, 0.15) is 25.3 Å². The lowest BCUT2D eigenvalue weighted by molar-refractivity contribution is -0.119. The highest BCUT2D eigenvalue weighted by Gasteiger charge is 2.29. The van der Waals surface area contributed by atoms with Crippen LogP contribution in [0, 0.1) is 0 Å². The van der Waals surface area contributed by atoms with Gasteiger partial charge >= 0.3 is 0 Å². The number of nitrogens with zero attached hydrogens (tertiary/aromatic N) is 1. The van der Waals surface area contributed by atoms with Gasteiger partial charge < -0.3 is 10.1 Å². The van der Waals surface area contributed by atoms with Crippen LogP contribution >= 0.6 is 0 Å². The molecule has 3 aromatic rings. The first-order chi connectivity index (χ1) is 15.4. The molecule has 3 aromatic carbocycles. The van der Waals surface area contributed by atoms with E-state index in [0.29, 0.717) is 24.6 Å². The van der Waals surface area contributed by atoms with E-state index in [0.717, 1.165) is 9.87 Å². The largest absolute Gasteiger partial charge is 0.492 e. The molecule has 0 aliphatic rings. The number of benzene rings is 3. The molecule has 0 radical (unpaired) electrons. The van der Waals surface area contributed by atoms with Gasteiger partial charge in [-0.2, -0.15) is 0 Å². The van der Waals surface area contributed by atoms with E-state index < -0.39 is 15.9 Å². The summed E-state index contributed by atoms with van der Waals surface area (Å²) in [6.45, 7) is 4.25. The van der Waals surface area contributed by atoms with Gasteiger partial charge in [0.05, 0.1) is 17.2 Å². The Bertz CT molecular complexity index is 1120. The summed E-state index contributed by atoms with van der Waals surface area (Å²) in [6, 6.07) is 24.8. The average molecular weight is 453 g/mol. The van der Waals surface area contributed by atoms with Crippen molar-refractivity contribution in [3.05, 3.63) is 90.5 Å². The van der Waals surface area contributed by atoms with Crippen LogP contribution in [0.4, 0.5) is 5.69 Å². The van der Waals surface area contributed by atoms with Crippen LogP contribution in [0.15, 0.2) is 89.8 Å². The van der Waals surface area contributed by atoms with Crippen LogP contribution in [0.2, 0.25) is 0 Å². The second kappa shape index (κ2) is 10.8. The molecule has 0 heterocycles. The predicted octanol–water partition coefficient (Wildman–Crippen LogP) is 4.20. The highest BCUT2D eigenvalue weighted by molar-refractivity contribution is 7.92. The zero-order chi connectivity index (χ0) is 23.0. The maximum absolute atomic E-state index is 13.5. The molecule has 0 aromatic heterocycles. The lowest BCUT2D eigenvalue weighted by atomic mass is 10.0. The first-order valence-corrected chi connectivity index (χ1v) is 12.0. The van der Waals surface area contributed by atoms with Crippen LogP contribution in [-0.4, -0.2) is 34.0 Å². The third kappa shape index (κ3) is 5.68. The molecule has 1 amide bonds. The second-order valence-electron chi connectivity index (χ2n) is 7.34. The number of hydrogen-bond acceptors (Lipinski definition) is 4. The highest BCUT2D eigenvalue weighted by Crippen LogP contribution is 2.32. The maximum atomic E-state index is 13.5. The Hall–Kier alpha value is -3.32. The van der Waals surface area contributed by atoms with Gasteiger partial charge in [0.25, 0.3) is 10.0 Å². The molecule has 7 heteroatoms. The fourth-order valence-electron chi connectivity index (χ4n) is 3.31. The Morgan fingerprint density at radius 1 is 0.938 bits per heavy atom. The Labute approximate surface area is 189 Å². The molecule has 0 fully saturated rings. The van der Waals surface area contributed by atoms with E-state index in [2.05, 4.69) is 5.32 Å². The number of para-hydroxylation sites is 2. The molecule has 1 N–H and O–H groups in total. The summed E-state index contributed by atoms with van der Waals surface area (Å²) >= 11 is 0. The van der Waals surface area contributed by atoms with Crippen molar-refractivity contribution in [2.24, 2.45) is 0 Å². The van der Waals surface area contributed by atoms with E-state index in [1.54, 1.807) is 42.5 Å². The van der Waals surface area contributed by atoms with Crippen LogP contribution in [0.3, 0.4) is 0 Å². The van der Waals surface area contributed by atoms with Crippen molar-refractivity contribution >= 4 is 21.6 Å². The van der Waals surface area contributed by atoms with Crippen LogP contribution in [-0.2, 0) is 14.8 Å². The number of carbonyl (C=O) groups excluding carboxylic acids is 1. The fourth-order valence-corrected chi connectivity index (χ4v) is 4.77. The number of anilines is 1. The average Bonchev–Trinajstić information content (AvgIpc) is 2.83. The normalized spacial score (nSPS) is 12.1. The van der Waals surface area contributed by atoms with Crippen LogP contribution in [0.25, 0.3) is 0 Å². The number of rotatable bonds is 10. The first kappa shape index (κ1) is 23.3. The van der Waals surface area contributed by atoms with Crippen LogP contribution in [0.5, 0.6) is 5.75 Å². The second-order valence-corrected chi connectivity index (χ2v) is 9.20. The maximum Gasteiger partial charge on any atom is 0.264 e. The minimum atomic E-state index is -3.99. The molecule has 0 saturated heterocycles. The van der Waals surface area contributed by atoms with Gasteiger partial charge in [0, 0.05) is 6.54 Å². The van der Waals surface area contributed by atoms with E-state index in [9.17, 15) is 13.2 Å². The smallest absolute Gasteiger partial charge is 0.264 e. The van der Waals surface area contributed by atoms with Gasteiger partial charge in [-0.3, -0.25) is 9.10 Å². The molecular formula is C25H28N2O4S. The molecule has 1 atom stereocenters. The number of hydrogen-bond donors (Lipinski definition) is 1. The van der Waals surface area contributed by atoms with Gasteiger partial charge in [0.2, 0.25) is 5.91 Å². The first-order valence-electron chi connectivity index (χ1n) is 10.5. The van der Waals surface area contributed by atoms with Crippen molar-refractivity contribution < 1.29 is 17.9 Å². The quantitative estimate of drug-likeness (QED) is 0.500. The topological polar surface area (TPSA) is 75.7 Å². The number of carbonyl (C=O) groups is 1. The van der Waals surface area contributed by atoms with Crippen molar-refractivity contribution in [3.8, 4) is 5.75 Å². The summed E-state index contributed by atoms with van der Waals surface area (Å²) in [5.41, 5.74) is 1.42. The molecule has 32 heavy (non-hydrogen) atoms. The summed E-state index contributed by atoms with van der Waals surface area (Å²) in [5, 5.41) is 2.87. The number of nitrogens with one attached hydrogen (secondary N) is 1. The Balaban J connectivity index is 1.86. The summed E-state index contributed by atoms with van der Waals surface area (Å²) < 4.78 is 33.7. The van der Waals surface area contributed by atoms with Gasteiger partial charge in [0.1, 0.15) is 12.3 Å². The lowest BCUT2D eigenvalue weighted by Crippen LogP contribution is -2.42. The SMILES string of the molecule is CCOc1ccccc1N(CC(=O)NC[C@H](C)c1ccccc1)S(=O)(=O)c1ccccc1. The molecule has 168 valence electrons. The monoisotopic (exact) mass is 452 g/mol. The van der Waals surface area contributed by atoms with Gasteiger partial charge in [-0.15, -0.1) is 0 Å². The molecule has 0 aliphatic carbocycles. The molecule has 0 saturated carbocycles. The molecule has 0 unspecified atom stereocenters. The minimum absolute atomic E-state index is 0.0926. The summed E-state index contributed by atoms with van der Waals surface area (Å²) in [7, 11) is -3.99. The fraction of sp³-hybridized carbons (Fsp3) is 0.240. The van der Waals surface area contributed by atoms with Gasteiger partial charge in [-0.05, 0) is 42.7 Å². The Morgan fingerprint density at radius 3 is 2.19 bits per heavy atom. The van der Waals surface area contributed by atoms with Gasteiger partial charge in [0.15, 0.2) is 0 Å². The number of ether oxygens (including phenoxy) is 1. The molecule has 6 nitrogen and oxygen atoms in total. The Kier molecular flexibility index (Phi) is 7.89.